The fourth-order valence-corrected chi connectivity index (χ4v) is 5.79. The van der Waals surface area contributed by atoms with Crippen LogP contribution < -0.4 is 5.56 Å². The fourth-order valence-electron chi connectivity index (χ4n) is 3.88. The predicted octanol–water partition coefficient (Wildman–Crippen LogP) is 3.42. The van der Waals surface area contributed by atoms with Crippen LogP contribution in [0.15, 0.2) is 56.6 Å². The van der Waals surface area contributed by atoms with Gasteiger partial charge in [-0.3, -0.25) is 14.3 Å². The fraction of sp³-hybridized carbons (Fsp3) is 0.333. The lowest BCUT2D eigenvalue weighted by atomic mass is 10.2. The molecular formula is C21H22BrClN4O3S. The van der Waals surface area contributed by atoms with E-state index in [1.54, 1.807) is 29.8 Å². The molecule has 0 radical (unpaired) electrons. The van der Waals surface area contributed by atoms with Crippen LogP contribution in [0.25, 0.3) is 10.9 Å². The van der Waals surface area contributed by atoms with E-state index in [0.717, 1.165) is 4.47 Å². The van der Waals surface area contributed by atoms with E-state index < -0.39 is 10.0 Å². The van der Waals surface area contributed by atoms with Crippen LogP contribution in [-0.2, 0) is 17.1 Å². The second kappa shape index (κ2) is 8.63. The van der Waals surface area contributed by atoms with Gasteiger partial charge in [-0.2, -0.15) is 4.31 Å². The predicted molar refractivity (Wildman–Crippen MR) is 125 cm³/mol. The van der Waals surface area contributed by atoms with Crippen LogP contribution >= 0.6 is 27.5 Å². The second-order valence-corrected chi connectivity index (χ2v) is 10.9. The number of piperazine rings is 1. The third kappa shape index (κ3) is 4.29. The maximum Gasteiger partial charge on any atom is 0.261 e. The summed E-state index contributed by atoms with van der Waals surface area (Å²) in [5.41, 5.74) is 0.550. The van der Waals surface area contributed by atoms with Crippen LogP contribution in [0.3, 0.4) is 0 Å². The Bertz CT molecular complexity index is 1290. The molecule has 1 aliphatic rings. The largest absolute Gasteiger partial charge is 0.298 e. The lowest BCUT2D eigenvalue weighted by molar-refractivity contribution is 0.139. The van der Waals surface area contributed by atoms with Crippen LogP contribution in [0.1, 0.15) is 18.8 Å². The number of hydrogen-bond donors (Lipinski definition) is 0. The van der Waals surface area contributed by atoms with E-state index in [0.29, 0.717) is 47.9 Å². The molecule has 31 heavy (non-hydrogen) atoms. The van der Waals surface area contributed by atoms with Crippen molar-refractivity contribution in [1.29, 1.82) is 0 Å². The Hall–Kier alpha value is -1.78. The minimum atomic E-state index is -3.57. The summed E-state index contributed by atoms with van der Waals surface area (Å²) < 4.78 is 29.7. The summed E-state index contributed by atoms with van der Waals surface area (Å²) in [7, 11) is -1.84. The number of rotatable bonds is 4. The van der Waals surface area contributed by atoms with Crippen LogP contribution in [-0.4, -0.2) is 53.4 Å². The van der Waals surface area contributed by atoms with Crippen molar-refractivity contribution in [3.8, 4) is 0 Å². The van der Waals surface area contributed by atoms with E-state index in [-0.39, 0.29) is 16.5 Å². The van der Waals surface area contributed by atoms with E-state index in [1.807, 2.05) is 19.1 Å². The number of nitrogens with zero attached hydrogens (tertiary/aromatic N) is 4. The Morgan fingerprint density at radius 3 is 2.35 bits per heavy atom. The number of halogens is 2. The molecule has 2 aromatic carbocycles. The van der Waals surface area contributed by atoms with Gasteiger partial charge in [-0.25, -0.2) is 13.4 Å². The number of fused-ring (bicyclic) bond motifs is 1. The average molecular weight is 526 g/mol. The van der Waals surface area contributed by atoms with E-state index >= 15 is 0 Å². The van der Waals surface area contributed by atoms with E-state index in [4.69, 9.17) is 16.6 Å². The molecule has 0 spiro atoms. The first kappa shape index (κ1) is 22.4. The minimum absolute atomic E-state index is 0.0999. The summed E-state index contributed by atoms with van der Waals surface area (Å²) in [6.07, 6.45) is 0. The zero-order valence-corrected chi connectivity index (χ0v) is 20.3. The van der Waals surface area contributed by atoms with Gasteiger partial charge in [0.05, 0.1) is 21.8 Å². The molecule has 0 aliphatic carbocycles. The van der Waals surface area contributed by atoms with Crippen molar-refractivity contribution in [1.82, 2.24) is 18.8 Å². The summed E-state index contributed by atoms with van der Waals surface area (Å²) >= 11 is 9.28. The maximum absolute atomic E-state index is 12.9. The highest BCUT2D eigenvalue weighted by Crippen LogP contribution is 2.25. The van der Waals surface area contributed by atoms with Gasteiger partial charge < -0.3 is 0 Å². The quantitative estimate of drug-likeness (QED) is 0.522. The van der Waals surface area contributed by atoms with Crippen molar-refractivity contribution in [3.63, 3.8) is 0 Å². The first-order valence-corrected chi connectivity index (χ1v) is 12.5. The number of sulfonamides is 1. The van der Waals surface area contributed by atoms with Crippen LogP contribution in [0.5, 0.6) is 0 Å². The second-order valence-electron chi connectivity index (χ2n) is 7.57. The maximum atomic E-state index is 12.9. The molecule has 1 saturated heterocycles. The Labute approximate surface area is 194 Å². The van der Waals surface area contributed by atoms with Crippen molar-refractivity contribution in [2.75, 3.05) is 26.2 Å². The molecule has 7 nitrogen and oxygen atoms in total. The van der Waals surface area contributed by atoms with Gasteiger partial charge in [0.15, 0.2) is 0 Å². The van der Waals surface area contributed by atoms with Gasteiger partial charge in [-0.15, -0.1) is 0 Å². The summed E-state index contributed by atoms with van der Waals surface area (Å²) in [5, 5.41) is 1.06. The van der Waals surface area contributed by atoms with Gasteiger partial charge in [0.1, 0.15) is 5.82 Å². The van der Waals surface area contributed by atoms with Crippen molar-refractivity contribution >= 4 is 48.5 Å². The van der Waals surface area contributed by atoms with Crippen molar-refractivity contribution in [2.45, 2.75) is 17.9 Å². The molecule has 4 rings (SSSR count). The molecule has 0 amide bonds. The van der Waals surface area contributed by atoms with E-state index in [9.17, 15) is 13.2 Å². The SMILES string of the molecule is CC(c1nc2ccc(Br)cc2c(=O)n1C)N1CCN(S(=O)(=O)c2ccc(Cl)cc2)CC1. The number of hydrogen-bond acceptors (Lipinski definition) is 5. The Morgan fingerprint density at radius 2 is 1.71 bits per heavy atom. The Morgan fingerprint density at radius 1 is 1.06 bits per heavy atom. The van der Waals surface area contributed by atoms with Gasteiger partial charge in [0, 0.05) is 42.7 Å². The highest BCUT2D eigenvalue weighted by Gasteiger charge is 2.31. The molecule has 3 aromatic rings. The van der Waals surface area contributed by atoms with Crippen LogP contribution in [0.4, 0.5) is 0 Å². The molecule has 10 heteroatoms. The van der Waals surface area contributed by atoms with Gasteiger partial charge in [-0.05, 0) is 49.4 Å². The molecule has 0 N–H and O–H groups in total. The van der Waals surface area contributed by atoms with Gasteiger partial charge in [0.2, 0.25) is 10.0 Å². The summed E-state index contributed by atoms with van der Waals surface area (Å²) in [6, 6.07) is 11.6. The summed E-state index contributed by atoms with van der Waals surface area (Å²) in [6.45, 7) is 3.81. The highest BCUT2D eigenvalue weighted by atomic mass is 79.9. The van der Waals surface area contributed by atoms with Crippen LogP contribution in [0, 0.1) is 0 Å². The molecule has 2 heterocycles. The molecule has 1 unspecified atom stereocenters. The highest BCUT2D eigenvalue weighted by molar-refractivity contribution is 9.10. The molecule has 1 fully saturated rings. The normalized spacial score (nSPS) is 17.2. The molecule has 0 bridgehead atoms. The Balaban J connectivity index is 1.54. The number of benzene rings is 2. The van der Waals surface area contributed by atoms with Crippen LogP contribution in [0.2, 0.25) is 5.02 Å². The number of aromatic nitrogens is 2. The lowest BCUT2D eigenvalue weighted by Gasteiger charge is -2.37. The monoisotopic (exact) mass is 524 g/mol. The molecule has 1 aromatic heterocycles. The average Bonchev–Trinajstić information content (AvgIpc) is 2.76. The smallest absolute Gasteiger partial charge is 0.261 e. The zero-order chi connectivity index (χ0) is 22.3. The molecule has 1 atom stereocenters. The lowest BCUT2D eigenvalue weighted by Crippen LogP contribution is -2.49. The summed E-state index contributed by atoms with van der Waals surface area (Å²) in [5.74, 6) is 0.661. The van der Waals surface area contributed by atoms with Gasteiger partial charge >= 0.3 is 0 Å². The molecule has 1 aliphatic heterocycles. The first-order valence-electron chi connectivity index (χ1n) is 9.84. The first-order chi connectivity index (χ1) is 14.7. The summed E-state index contributed by atoms with van der Waals surface area (Å²) in [4.78, 5) is 20.0. The van der Waals surface area contributed by atoms with E-state index in [1.165, 1.54) is 16.4 Å². The van der Waals surface area contributed by atoms with E-state index in [2.05, 4.69) is 20.8 Å². The third-order valence-corrected chi connectivity index (χ3v) is 8.38. The standard InChI is InChI=1S/C21H22BrClN4O3S/c1-14(20-24-19-8-3-15(22)13-18(19)21(28)25(20)2)26-9-11-27(12-10-26)31(29,30)17-6-4-16(23)5-7-17/h3-8,13-14H,9-12H2,1-2H3. The molecular weight excluding hydrogens is 504 g/mol. The molecule has 164 valence electrons. The van der Waals surface area contributed by atoms with Gasteiger partial charge in [0.25, 0.3) is 5.56 Å². The third-order valence-electron chi connectivity index (χ3n) is 5.72. The molecule has 0 saturated carbocycles. The van der Waals surface area contributed by atoms with Crippen molar-refractivity contribution in [2.24, 2.45) is 7.05 Å². The minimum Gasteiger partial charge on any atom is -0.298 e. The zero-order valence-electron chi connectivity index (χ0n) is 17.1. The topological polar surface area (TPSA) is 75.5 Å². The van der Waals surface area contributed by atoms with Gasteiger partial charge in [-0.1, -0.05) is 27.5 Å². The Kier molecular flexibility index (Phi) is 6.24. The van der Waals surface area contributed by atoms with Crippen molar-refractivity contribution < 1.29 is 8.42 Å². The van der Waals surface area contributed by atoms with Crippen molar-refractivity contribution in [3.05, 3.63) is 68.1 Å².